The molecule has 7 heteroatoms. The van der Waals surface area contributed by atoms with E-state index < -0.39 is 35.1 Å². The van der Waals surface area contributed by atoms with Crippen LogP contribution < -0.4 is 0 Å². The lowest BCUT2D eigenvalue weighted by molar-refractivity contribution is -0.191. The maximum atomic E-state index is 12.2. The van der Waals surface area contributed by atoms with Crippen LogP contribution in [0.4, 0.5) is 0 Å². The Morgan fingerprint density at radius 1 is 1.35 bits per heavy atom. The number of carbonyl (C=O) groups is 1. The van der Waals surface area contributed by atoms with Crippen LogP contribution in [0.15, 0.2) is 23.8 Å². The van der Waals surface area contributed by atoms with Crippen LogP contribution in [-0.2, 0) is 14.4 Å². The second-order valence-corrected chi connectivity index (χ2v) is 8.25. The van der Waals surface area contributed by atoms with Crippen LogP contribution in [0.1, 0.15) is 32.6 Å². The second kappa shape index (κ2) is 6.13. The molecule has 0 unspecified atom stereocenters. The van der Waals surface area contributed by atoms with E-state index in [2.05, 4.69) is 6.58 Å². The zero-order chi connectivity index (χ0) is 19.4. The first-order chi connectivity index (χ1) is 12.1. The first-order valence-corrected chi connectivity index (χ1v) is 8.83. The zero-order valence-electron chi connectivity index (χ0n) is 14.6. The molecule has 4 aliphatic carbocycles. The van der Waals surface area contributed by atoms with Gasteiger partial charge < -0.3 is 20.4 Å². The molecule has 0 saturated heterocycles. The summed E-state index contributed by atoms with van der Waals surface area (Å²) in [5, 5.41) is 41.2. The fourth-order valence-electron chi connectivity index (χ4n) is 6.25. The van der Waals surface area contributed by atoms with E-state index in [0.717, 1.165) is 17.6 Å². The lowest BCUT2D eigenvalue weighted by atomic mass is 9.63. The Kier molecular flexibility index (Phi) is 4.48. The van der Waals surface area contributed by atoms with Crippen molar-refractivity contribution in [2.45, 2.75) is 50.4 Å². The Balaban J connectivity index is 0.000000613. The molecule has 0 aliphatic heterocycles. The van der Waals surface area contributed by atoms with E-state index in [-0.39, 0.29) is 23.9 Å². The predicted octanol–water partition coefficient (Wildman–Crippen LogP) is 0.509. The number of hydrogen-bond donors (Lipinski definition) is 4. The lowest BCUT2D eigenvalue weighted by Gasteiger charge is -2.41. The Labute approximate surface area is 151 Å². The van der Waals surface area contributed by atoms with Crippen LogP contribution in [-0.4, -0.2) is 50.4 Å². The molecule has 0 amide bonds. The SMILES string of the molecule is C=C1C[C@]23C[C@@]1(O)CC[C@H]2C1=C[C@@H](O)[C@H](O)[C@H](C)[C@H]1[C@@H]3C(=O)O.O=C=O. The molecule has 0 heterocycles. The van der Waals surface area contributed by atoms with Crippen molar-refractivity contribution >= 4 is 12.1 Å². The number of aliphatic carboxylic acids is 1. The fraction of sp³-hybridized carbons (Fsp3) is 0.684. The molecule has 4 aliphatic rings. The van der Waals surface area contributed by atoms with Gasteiger partial charge in [-0.15, -0.1) is 0 Å². The Morgan fingerprint density at radius 3 is 2.54 bits per heavy atom. The Hall–Kier alpha value is -1.79. The van der Waals surface area contributed by atoms with Gasteiger partial charge in [-0.25, -0.2) is 0 Å². The summed E-state index contributed by atoms with van der Waals surface area (Å²) in [5.74, 6) is -2.03. The van der Waals surface area contributed by atoms with E-state index >= 15 is 0 Å². The highest BCUT2D eigenvalue weighted by molar-refractivity contribution is 5.74. The van der Waals surface area contributed by atoms with E-state index in [9.17, 15) is 25.2 Å². The van der Waals surface area contributed by atoms with Crippen molar-refractivity contribution in [2.24, 2.45) is 29.1 Å². The van der Waals surface area contributed by atoms with E-state index in [4.69, 9.17) is 9.59 Å². The lowest BCUT2D eigenvalue weighted by Crippen LogP contribution is -2.45. The monoisotopic (exact) mass is 364 g/mol. The molecule has 7 nitrogen and oxygen atoms in total. The molecule has 1 spiro atoms. The number of carboxylic acid groups (broad SMARTS) is 1. The van der Waals surface area contributed by atoms with Crippen molar-refractivity contribution in [3.63, 3.8) is 0 Å². The molecule has 3 fully saturated rings. The maximum absolute atomic E-state index is 12.2. The van der Waals surface area contributed by atoms with Gasteiger partial charge in [0.15, 0.2) is 0 Å². The van der Waals surface area contributed by atoms with Crippen LogP contribution in [0.2, 0.25) is 0 Å². The molecule has 26 heavy (non-hydrogen) atoms. The molecule has 0 aromatic carbocycles. The average molecular weight is 364 g/mol. The quantitative estimate of drug-likeness (QED) is 0.498. The highest BCUT2D eigenvalue weighted by Gasteiger charge is 2.69. The summed E-state index contributed by atoms with van der Waals surface area (Å²) in [6.07, 6.45) is 2.34. The minimum atomic E-state index is -0.946. The molecule has 4 rings (SSSR count). The van der Waals surface area contributed by atoms with Crippen molar-refractivity contribution in [3.8, 4) is 0 Å². The van der Waals surface area contributed by atoms with Crippen molar-refractivity contribution in [1.82, 2.24) is 0 Å². The van der Waals surface area contributed by atoms with Gasteiger partial charge in [-0.3, -0.25) is 4.79 Å². The normalized spacial score (nSPS) is 48.5. The van der Waals surface area contributed by atoms with Crippen molar-refractivity contribution in [2.75, 3.05) is 0 Å². The standard InChI is InChI=1S/C18H24O5.CO2/c1-8-6-17-7-18(8,23)4-3-11(17)10-5-12(19)15(20)9(2)13(10)14(17)16(21)22;2-1-3/h5,9,11-15,19-20,23H,1,3-4,6-7H2,2H3,(H,21,22);/t9-,11+,12-,13-,14-,15-,17+,18+;/m1./s1. The summed E-state index contributed by atoms with van der Waals surface area (Å²) in [5.41, 5.74) is 0.266. The first-order valence-electron chi connectivity index (χ1n) is 8.83. The summed E-state index contributed by atoms with van der Waals surface area (Å²) < 4.78 is 0. The van der Waals surface area contributed by atoms with Gasteiger partial charge in [-0.2, -0.15) is 9.59 Å². The summed E-state index contributed by atoms with van der Waals surface area (Å²) >= 11 is 0. The van der Waals surface area contributed by atoms with E-state index in [0.29, 0.717) is 19.3 Å². The van der Waals surface area contributed by atoms with E-state index in [1.54, 1.807) is 6.08 Å². The summed E-state index contributed by atoms with van der Waals surface area (Å²) in [4.78, 5) is 28.4. The van der Waals surface area contributed by atoms with Gasteiger partial charge in [0, 0.05) is 0 Å². The third kappa shape index (κ3) is 2.35. The number of aliphatic hydroxyl groups excluding tert-OH is 2. The smallest absolute Gasteiger partial charge is 0.373 e. The Morgan fingerprint density at radius 2 is 1.96 bits per heavy atom. The highest BCUT2D eigenvalue weighted by Crippen LogP contribution is 2.71. The molecular formula is C19H24O7. The molecule has 142 valence electrons. The summed E-state index contributed by atoms with van der Waals surface area (Å²) in [7, 11) is 0. The number of hydrogen-bond acceptors (Lipinski definition) is 6. The van der Waals surface area contributed by atoms with Gasteiger partial charge in [-0.05, 0) is 54.4 Å². The summed E-state index contributed by atoms with van der Waals surface area (Å²) in [6.45, 7) is 5.85. The molecule has 0 aromatic heterocycles. The molecular weight excluding hydrogens is 340 g/mol. The third-order valence-corrected chi connectivity index (χ3v) is 7.21. The van der Waals surface area contributed by atoms with Crippen LogP contribution in [0.5, 0.6) is 0 Å². The van der Waals surface area contributed by atoms with Gasteiger partial charge in [0.1, 0.15) is 0 Å². The topological polar surface area (TPSA) is 132 Å². The van der Waals surface area contributed by atoms with Crippen molar-refractivity contribution < 1.29 is 34.8 Å². The molecule has 3 saturated carbocycles. The molecule has 8 atom stereocenters. The third-order valence-electron chi connectivity index (χ3n) is 7.21. The fourth-order valence-corrected chi connectivity index (χ4v) is 6.25. The van der Waals surface area contributed by atoms with Gasteiger partial charge in [-0.1, -0.05) is 25.2 Å². The number of allylic oxidation sites excluding steroid dienone is 1. The predicted molar refractivity (Wildman–Crippen MR) is 87.4 cm³/mol. The van der Waals surface area contributed by atoms with Crippen LogP contribution in [0.25, 0.3) is 0 Å². The van der Waals surface area contributed by atoms with Gasteiger partial charge in [0.2, 0.25) is 0 Å². The van der Waals surface area contributed by atoms with Crippen LogP contribution in [0, 0.1) is 29.1 Å². The number of aliphatic hydroxyl groups is 3. The highest BCUT2D eigenvalue weighted by atomic mass is 16.4. The van der Waals surface area contributed by atoms with Gasteiger partial charge in [0.25, 0.3) is 0 Å². The minimum Gasteiger partial charge on any atom is -0.481 e. The van der Waals surface area contributed by atoms with Crippen molar-refractivity contribution in [3.05, 3.63) is 23.8 Å². The molecule has 0 radical (unpaired) electrons. The van der Waals surface area contributed by atoms with Crippen LogP contribution >= 0.6 is 0 Å². The number of rotatable bonds is 1. The van der Waals surface area contributed by atoms with Crippen LogP contribution in [0.3, 0.4) is 0 Å². The van der Waals surface area contributed by atoms with Gasteiger partial charge >= 0.3 is 12.1 Å². The van der Waals surface area contributed by atoms with Gasteiger partial charge in [0.05, 0.1) is 23.7 Å². The largest absolute Gasteiger partial charge is 0.481 e. The van der Waals surface area contributed by atoms with E-state index in [1.807, 2.05) is 6.92 Å². The average Bonchev–Trinajstić information content (AvgIpc) is 2.93. The Bertz CT molecular complexity index is 707. The number of carboxylic acids is 1. The minimum absolute atomic E-state index is 0.0534. The van der Waals surface area contributed by atoms with Crippen molar-refractivity contribution in [1.29, 1.82) is 0 Å². The maximum Gasteiger partial charge on any atom is 0.373 e. The molecule has 4 N–H and O–H groups in total. The molecule has 2 bridgehead atoms. The number of carbonyl (C=O) groups excluding carboxylic acids is 2. The zero-order valence-corrected chi connectivity index (χ0v) is 14.6. The van der Waals surface area contributed by atoms with E-state index in [1.165, 1.54) is 0 Å². The number of fused-ring (bicyclic) bond motifs is 3. The summed E-state index contributed by atoms with van der Waals surface area (Å²) in [6, 6.07) is 0. The molecule has 0 aromatic rings. The second-order valence-electron chi connectivity index (χ2n) is 8.25. The first kappa shape index (κ1) is 19.0.